The van der Waals surface area contributed by atoms with Gasteiger partial charge in [-0.1, -0.05) is 11.6 Å². The van der Waals surface area contributed by atoms with E-state index in [2.05, 4.69) is 41.1 Å². The number of pyridine rings is 1. The van der Waals surface area contributed by atoms with E-state index in [-0.39, 0.29) is 0 Å². The van der Waals surface area contributed by atoms with Gasteiger partial charge in [-0.15, -0.1) is 11.3 Å². The molecule has 0 amide bonds. The van der Waals surface area contributed by atoms with E-state index < -0.39 is 0 Å². The second kappa shape index (κ2) is 6.01. The minimum absolute atomic E-state index is 0.580. The first-order chi connectivity index (χ1) is 12.5. The SMILES string of the molecule is Cc1cc(C)c2ncc(C#N)c(N3CCc4c(sc(N)c4C#N)C3)c2c1. The summed E-state index contributed by atoms with van der Waals surface area (Å²) in [5.41, 5.74) is 12.4. The molecule has 3 aromatic rings. The maximum atomic E-state index is 9.65. The Balaban J connectivity index is 1.89. The van der Waals surface area contributed by atoms with E-state index in [1.165, 1.54) is 11.3 Å². The van der Waals surface area contributed by atoms with Crippen LogP contribution in [0.25, 0.3) is 10.9 Å². The van der Waals surface area contributed by atoms with Crippen LogP contribution in [0.2, 0.25) is 0 Å². The fraction of sp³-hybridized carbons (Fsp3) is 0.250. The summed E-state index contributed by atoms with van der Waals surface area (Å²) in [5.74, 6) is 0. The topological polar surface area (TPSA) is 89.7 Å². The predicted octanol–water partition coefficient (Wildman–Crippen LogP) is 3.80. The molecule has 0 saturated carbocycles. The zero-order valence-electron chi connectivity index (χ0n) is 14.6. The molecule has 0 bridgehead atoms. The van der Waals surface area contributed by atoms with Crippen molar-refractivity contribution < 1.29 is 0 Å². The van der Waals surface area contributed by atoms with Crippen LogP contribution in [0.5, 0.6) is 0 Å². The van der Waals surface area contributed by atoms with Crippen LogP contribution in [0.4, 0.5) is 10.7 Å². The van der Waals surface area contributed by atoms with E-state index in [1.54, 1.807) is 6.20 Å². The normalized spacial score (nSPS) is 13.3. The quantitative estimate of drug-likeness (QED) is 0.714. The number of nitrogens with two attached hydrogens (primary N) is 1. The van der Waals surface area contributed by atoms with Crippen molar-refractivity contribution >= 4 is 32.9 Å². The Hall–Kier alpha value is -3.09. The number of benzene rings is 1. The number of nitriles is 2. The van der Waals surface area contributed by atoms with Crippen LogP contribution >= 0.6 is 11.3 Å². The number of anilines is 2. The van der Waals surface area contributed by atoms with E-state index in [0.29, 0.717) is 22.7 Å². The smallest absolute Gasteiger partial charge is 0.104 e. The third-order valence-corrected chi connectivity index (χ3v) is 5.96. The van der Waals surface area contributed by atoms with Gasteiger partial charge in [0.05, 0.1) is 28.9 Å². The van der Waals surface area contributed by atoms with Gasteiger partial charge in [0.25, 0.3) is 0 Å². The summed E-state index contributed by atoms with van der Waals surface area (Å²) in [4.78, 5) is 7.85. The van der Waals surface area contributed by atoms with Crippen LogP contribution in [-0.4, -0.2) is 11.5 Å². The van der Waals surface area contributed by atoms with Gasteiger partial charge in [0, 0.05) is 23.0 Å². The molecule has 0 unspecified atom stereocenters. The molecule has 1 aliphatic heterocycles. The number of aromatic nitrogens is 1. The van der Waals surface area contributed by atoms with Crippen LogP contribution < -0.4 is 10.6 Å². The summed E-state index contributed by atoms with van der Waals surface area (Å²) in [7, 11) is 0. The van der Waals surface area contributed by atoms with Crippen molar-refractivity contribution in [3.63, 3.8) is 0 Å². The molecule has 2 aromatic heterocycles. The van der Waals surface area contributed by atoms with Crippen molar-refractivity contribution in [2.24, 2.45) is 0 Å². The molecule has 0 radical (unpaired) electrons. The Labute approximate surface area is 155 Å². The summed E-state index contributed by atoms with van der Waals surface area (Å²) in [6.07, 6.45) is 2.42. The number of hydrogen-bond acceptors (Lipinski definition) is 6. The second-order valence-electron chi connectivity index (χ2n) is 6.64. The molecule has 0 spiro atoms. The van der Waals surface area contributed by atoms with Gasteiger partial charge in [-0.3, -0.25) is 4.98 Å². The molecule has 2 N–H and O–H groups in total. The lowest BCUT2D eigenvalue weighted by Crippen LogP contribution is -2.30. The summed E-state index contributed by atoms with van der Waals surface area (Å²) < 4.78 is 0. The first kappa shape index (κ1) is 16.4. The summed E-state index contributed by atoms with van der Waals surface area (Å²) in [6, 6.07) is 8.74. The fourth-order valence-corrected chi connectivity index (χ4v) is 4.89. The Morgan fingerprint density at radius 2 is 2.04 bits per heavy atom. The number of nitrogens with zero attached hydrogens (tertiary/aromatic N) is 4. The Bertz CT molecular complexity index is 1130. The van der Waals surface area contributed by atoms with Gasteiger partial charge in [-0.05, 0) is 37.5 Å². The van der Waals surface area contributed by atoms with E-state index in [4.69, 9.17) is 5.73 Å². The van der Waals surface area contributed by atoms with Crippen molar-refractivity contribution in [3.05, 3.63) is 51.0 Å². The first-order valence-electron chi connectivity index (χ1n) is 8.38. The molecular weight excluding hydrogens is 342 g/mol. The minimum atomic E-state index is 0.580. The summed E-state index contributed by atoms with van der Waals surface area (Å²) in [6.45, 7) is 5.51. The zero-order valence-corrected chi connectivity index (χ0v) is 15.4. The minimum Gasteiger partial charge on any atom is -0.389 e. The van der Waals surface area contributed by atoms with Gasteiger partial charge in [0.2, 0.25) is 0 Å². The molecule has 5 nitrogen and oxygen atoms in total. The third kappa shape index (κ3) is 2.39. The van der Waals surface area contributed by atoms with Crippen LogP contribution in [-0.2, 0) is 13.0 Å². The predicted molar refractivity (Wildman–Crippen MR) is 104 cm³/mol. The van der Waals surface area contributed by atoms with E-state index in [9.17, 15) is 10.5 Å². The maximum Gasteiger partial charge on any atom is 0.104 e. The Kier molecular flexibility index (Phi) is 3.79. The van der Waals surface area contributed by atoms with Crippen molar-refractivity contribution in [1.82, 2.24) is 4.98 Å². The highest BCUT2D eigenvalue weighted by Gasteiger charge is 2.26. The number of thiophene rings is 1. The highest BCUT2D eigenvalue weighted by molar-refractivity contribution is 7.16. The molecule has 0 aliphatic carbocycles. The first-order valence-corrected chi connectivity index (χ1v) is 9.20. The monoisotopic (exact) mass is 359 g/mol. The molecule has 0 atom stereocenters. The van der Waals surface area contributed by atoms with Crippen LogP contribution in [0.15, 0.2) is 18.3 Å². The Morgan fingerprint density at radius 3 is 2.77 bits per heavy atom. The molecule has 4 rings (SSSR count). The van der Waals surface area contributed by atoms with Gasteiger partial charge in [0.15, 0.2) is 0 Å². The lowest BCUT2D eigenvalue weighted by molar-refractivity contribution is 0.745. The van der Waals surface area contributed by atoms with Gasteiger partial charge in [0.1, 0.15) is 17.1 Å². The van der Waals surface area contributed by atoms with Crippen LogP contribution in [0, 0.1) is 36.5 Å². The zero-order chi connectivity index (χ0) is 18.4. The molecular formula is C20H17N5S. The van der Waals surface area contributed by atoms with Crippen molar-refractivity contribution in [1.29, 1.82) is 10.5 Å². The molecule has 128 valence electrons. The highest BCUT2D eigenvalue weighted by atomic mass is 32.1. The van der Waals surface area contributed by atoms with E-state index in [0.717, 1.165) is 51.1 Å². The number of aryl methyl sites for hydroxylation is 2. The number of rotatable bonds is 1. The van der Waals surface area contributed by atoms with E-state index in [1.807, 2.05) is 6.92 Å². The average Bonchev–Trinajstić information content (AvgIpc) is 2.94. The van der Waals surface area contributed by atoms with Gasteiger partial charge < -0.3 is 10.6 Å². The summed E-state index contributed by atoms with van der Waals surface area (Å²) in [5, 5.41) is 20.6. The Morgan fingerprint density at radius 1 is 1.23 bits per heavy atom. The number of fused-ring (bicyclic) bond motifs is 2. The molecule has 0 fully saturated rings. The van der Waals surface area contributed by atoms with Crippen LogP contribution in [0.1, 0.15) is 32.7 Å². The lowest BCUT2D eigenvalue weighted by atomic mass is 9.99. The maximum absolute atomic E-state index is 9.65. The van der Waals surface area contributed by atoms with Gasteiger partial charge in [-0.2, -0.15) is 10.5 Å². The standard InChI is InChI=1S/C20H17N5S/c1-11-5-12(2)18-15(6-11)19(13(7-21)9-24-18)25-4-3-14-16(8-22)20(23)26-17(14)10-25/h5-6,9H,3-4,10,23H2,1-2H3. The van der Waals surface area contributed by atoms with Crippen molar-refractivity contribution in [3.8, 4) is 12.1 Å². The fourth-order valence-electron chi connectivity index (χ4n) is 3.81. The lowest BCUT2D eigenvalue weighted by Gasteiger charge is -2.30. The molecule has 1 aromatic carbocycles. The largest absolute Gasteiger partial charge is 0.389 e. The number of hydrogen-bond donors (Lipinski definition) is 1. The third-order valence-electron chi connectivity index (χ3n) is 4.91. The van der Waals surface area contributed by atoms with Crippen LogP contribution in [0.3, 0.4) is 0 Å². The van der Waals surface area contributed by atoms with E-state index >= 15 is 0 Å². The molecule has 26 heavy (non-hydrogen) atoms. The average molecular weight is 359 g/mol. The molecule has 6 heteroatoms. The molecule has 1 aliphatic rings. The van der Waals surface area contributed by atoms with Crippen molar-refractivity contribution in [2.45, 2.75) is 26.8 Å². The highest BCUT2D eigenvalue weighted by Crippen LogP contribution is 2.39. The number of nitrogen functional groups attached to an aromatic ring is 1. The second-order valence-corrected chi connectivity index (χ2v) is 7.77. The molecule has 0 saturated heterocycles. The van der Waals surface area contributed by atoms with Gasteiger partial charge in [-0.25, -0.2) is 0 Å². The molecule has 3 heterocycles. The van der Waals surface area contributed by atoms with Gasteiger partial charge >= 0.3 is 0 Å². The summed E-state index contributed by atoms with van der Waals surface area (Å²) >= 11 is 1.48. The van der Waals surface area contributed by atoms with Crippen molar-refractivity contribution in [2.75, 3.05) is 17.2 Å².